The number of cyclic esters (lactones) is 1. The number of likely N-dealkylation sites (N-methyl/N-ethyl adjacent to an activating group) is 2. The molecule has 4 N–H and O–H groups in total. The molecule has 0 spiro atoms. The van der Waals surface area contributed by atoms with E-state index in [1.54, 1.807) is 20.8 Å². The number of nitrogens with zero attached hydrogens (tertiary/aromatic N) is 2. The van der Waals surface area contributed by atoms with Crippen LogP contribution >= 0.6 is 0 Å². The fourth-order valence-corrected chi connectivity index (χ4v) is 9.15. The molecule has 0 aromatic heterocycles. The smallest absolute Gasteiger partial charge is 0.308 e. The quantitative estimate of drug-likeness (QED) is 0.236. The van der Waals surface area contributed by atoms with Crippen LogP contribution in [0.5, 0.6) is 0 Å². The third-order valence-corrected chi connectivity index (χ3v) is 12.5. The minimum absolute atomic E-state index is 0.00438. The first-order chi connectivity index (χ1) is 27.3. The first-order valence-corrected chi connectivity index (χ1v) is 21.4. The van der Waals surface area contributed by atoms with Crippen molar-refractivity contribution in [3.05, 3.63) is 24.3 Å². The molecule has 0 amide bonds. The van der Waals surface area contributed by atoms with E-state index in [1.165, 1.54) is 7.11 Å². The minimum atomic E-state index is -1.44. The lowest BCUT2D eigenvalue weighted by atomic mass is 9.82. The van der Waals surface area contributed by atoms with Gasteiger partial charge in [0.2, 0.25) is 0 Å². The highest BCUT2D eigenvalue weighted by Gasteiger charge is 2.51. The first-order valence-electron chi connectivity index (χ1n) is 21.4. The Morgan fingerprint density at radius 3 is 2.14 bits per heavy atom. The van der Waals surface area contributed by atoms with E-state index in [4.69, 9.17) is 37.9 Å². The van der Waals surface area contributed by atoms with Crippen molar-refractivity contribution < 1.29 is 63.1 Å². The Morgan fingerprint density at radius 2 is 1.53 bits per heavy atom. The number of carbonyl (C=O) groups is 1. The van der Waals surface area contributed by atoms with Crippen LogP contribution in [0.25, 0.3) is 0 Å². The molecule has 0 aromatic carbocycles. The molecule has 0 aromatic rings. The molecule has 0 aliphatic carbocycles. The Kier molecular flexibility index (Phi) is 18.6. The molecule has 19 atom stereocenters. The standard InChI is InChI=1S/C43H76N2O13/c1-13-29-21-24(2)32(56-34-20-19-30(44(8)9)26(4)53-34)18-16-14-15-17-25(3)52-33(47)22-31(46)40(51-12)39(29)58-42-37(48)36(45(10)11)38(27(5)55-42)57-35-23-43(7,50)41(49)28(6)54-35/h14-16,18,24-32,34-42,46,48-50H,13,17,19-23H2,1-12H3/b15-14+,18-16+/t24-,25-,26-,27-,28+,29+,30+,31-,32-,34+,35+,36-,37-,38-,39+,40+,41+,42+,43-/m1/s1. The Labute approximate surface area is 346 Å². The van der Waals surface area contributed by atoms with Gasteiger partial charge in [-0.2, -0.15) is 0 Å². The van der Waals surface area contributed by atoms with Gasteiger partial charge in [0.15, 0.2) is 18.9 Å². The normalized spacial score (nSPS) is 46.5. The van der Waals surface area contributed by atoms with Gasteiger partial charge in [0, 0.05) is 26.0 Å². The van der Waals surface area contributed by atoms with Crippen molar-refractivity contribution in [2.75, 3.05) is 35.3 Å². The predicted octanol–water partition coefficient (Wildman–Crippen LogP) is 3.15. The van der Waals surface area contributed by atoms with Crippen molar-refractivity contribution >= 4 is 5.97 Å². The molecule has 0 bridgehead atoms. The van der Waals surface area contributed by atoms with Gasteiger partial charge < -0.3 is 68.1 Å². The molecule has 4 rings (SSSR count). The van der Waals surface area contributed by atoms with E-state index in [-0.39, 0.29) is 43.2 Å². The molecule has 0 saturated carbocycles. The van der Waals surface area contributed by atoms with Crippen LogP contribution in [-0.2, 0) is 42.7 Å². The molecular formula is C43H76N2O13. The Morgan fingerprint density at radius 1 is 0.845 bits per heavy atom. The van der Waals surface area contributed by atoms with Crippen LogP contribution in [0.4, 0.5) is 0 Å². The van der Waals surface area contributed by atoms with Crippen LogP contribution in [0.15, 0.2) is 24.3 Å². The highest BCUT2D eigenvalue weighted by molar-refractivity contribution is 5.70. The maximum Gasteiger partial charge on any atom is 0.308 e. The van der Waals surface area contributed by atoms with E-state index < -0.39 is 85.1 Å². The summed E-state index contributed by atoms with van der Waals surface area (Å²) in [5, 5.41) is 45.1. The summed E-state index contributed by atoms with van der Waals surface area (Å²) >= 11 is 0. The van der Waals surface area contributed by atoms with E-state index in [0.717, 1.165) is 12.8 Å². The summed E-state index contributed by atoms with van der Waals surface area (Å²) in [6.45, 7) is 13.1. The SMILES string of the molecule is CC[C@H]1C[C@@H](C)[C@H](O[C@H]2CC[C@H](N(C)C)[C@@H](C)O2)/C=C/C=C/C[C@@H](C)OC(=O)C[C@@H](O)[C@H](OC)[C@H]1O[C@@H]1O[C@H](C)[C@@H](O[C@H]2C[C@@](C)(O)[C@@H](O)[C@H](C)O2)[C@H](N(C)C)[C@H]1O. The molecule has 3 fully saturated rings. The molecule has 3 saturated heterocycles. The van der Waals surface area contributed by atoms with Crippen molar-refractivity contribution in [2.24, 2.45) is 11.8 Å². The van der Waals surface area contributed by atoms with Gasteiger partial charge in [0.1, 0.15) is 30.5 Å². The zero-order valence-electron chi connectivity index (χ0n) is 37.0. The van der Waals surface area contributed by atoms with Gasteiger partial charge in [0.25, 0.3) is 0 Å². The number of hydrogen-bond donors (Lipinski definition) is 4. The van der Waals surface area contributed by atoms with Gasteiger partial charge in [-0.25, -0.2) is 0 Å². The highest BCUT2D eigenvalue weighted by Crippen LogP contribution is 2.37. The molecule has 4 aliphatic rings. The van der Waals surface area contributed by atoms with Gasteiger partial charge in [-0.15, -0.1) is 0 Å². The van der Waals surface area contributed by atoms with E-state index in [2.05, 4.69) is 32.8 Å². The number of allylic oxidation sites excluding steroid dienone is 2. The van der Waals surface area contributed by atoms with Gasteiger partial charge in [-0.3, -0.25) is 4.79 Å². The second-order valence-corrected chi connectivity index (χ2v) is 17.8. The molecule has 4 aliphatic heterocycles. The monoisotopic (exact) mass is 829 g/mol. The number of carbonyl (C=O) groups excluding carboxylic acids is 1. The second-order valence-electron chi connectivity index (χ2n) is 17.8. The number of aliphatic hydroxyl groups excluding tert-OH is 3. The molecule has 15 heteroatoms. The number of ether oxygens (including phenoxy) is 8. The molecular weight excluding hydrogens is 752 g/mol. The zero-order valence-corrected chi connectivity index (χ0v) is 37.0. The summed E-state index contributed by atoms with van der Waals surface area (Å²) in [6.07, 6.45) is 0.174. The number of esters is 1. The largest absolute Gasteiger partial charge is 0.462 e. The lowest BCUT2D eigenvalue weighted by molar-refractivity contribution is -0.344. The molecule has 58 heavy (non-hydrogen) atoms. The van der Waals surface area contributed by atoms with Gasteiger partial charge in [-0.05, 0) is 93.9 Å². The number of hydrogen-bond acceptors (Lipinski definition) is 15. The third-order valence-electron chi connectivity index (χ3n) is 12.5. The summed E-state index contributed by atoms with van der Waals surface area (Å²) in [4.78, 5) is 17.1. The molecule has 15 nitrogen and oxygen atoms in total. The molecule has 0 radical (unpaired) electrons. The average molecular weight is 829 g/mol. The second kappa shape index (κ2) is 22.0. The molecule has 4 heterocycles. The van der Waals surface area contributed by atoms with Crippen molar-refractivity contribution in [3.8, 4) is 0 Å². The van der Waals surface area contributed by atoms with Crippen molar-refractivity contribution in [1.82, 2.24) is 9.80 Å². The van der Waals surface area contributed by atoms with E-state index in [0.29, 0.717) is 25.3 Å². The number of aliphatic hydroxyl groups is 4. The van der Waals surface area contributed by atoms with Crippen molar-refractivity contribution in [2.45, 2.75) is 197 Å². The first kappa shape index (κ1) is 49.1. The maximum atomic E-state index is 13.1. The van der Waals surface area contributed by atoms with Crippen LogP contribution in [0.1, 0.15) is 93.4 Å². The molecule has 336 valence electrons. The van der Waals surface area contributed by atoms with Crippen molar-refractivity contribution in [3.63, 3.8) is 0 Å². The molecule has 0 unspecified atom stereocenters. The fourth-order valence-electron chi connectivity index (χ4n) is 9.15. The van der Waals surface area contributed by atoms with Crippen LogP contribution in [0.2, 0.25) is 0 Å². The van der Waals surface area contributed by atoms with E-state index in [9.17, 15) is 25.2 Å². The third kappa shape index (κ3) is 12.7. The van der Waals surface area contributed by atoms with Gasteiger partial charge in [-0.1, -0.05) is 44.6 Å². The highest BCUT2D eigenvalue weighted by atomic mass is 16.7. The van der Waals surface area contributed by atoms with E-state index >= 15 is 0 Å². The van der Waals surface area contributed by atoms with E-state index in [1.807, 2.05) is 57.1 Å². The fraction of sp³-hybridized carbons (Fsp3) is 0.884. The number of methoxy groups -OCH3 is 1. The minimum Gasteiger partial charge on any atom is -0.462 e. The Bertz CT molecular complexity index is 1320. The summed E-state index contributed by atoms with van der Waals surface area (Å²) < 4.78 is 50.4. The summed E-state index contributed by atoms with van der Waals surface area (Å²) in [6, 6.07) is -0.356. The maximum absolute atomic E-state index is 13.1. The lowest BCUT2D eigenvalue weighted by Crippen LogP contribution is -2.65. The number of rotatable bonds is 10. The summed E-state index contributed by atoms with van der Waals surface area (Å²) in [5.41, 5.74) is -1.44. The summed E-state index contributed by atoms with van der Waals surface area (Å²) in [7, 11) is 9.24. The predicted molar refractivity (Wildman–Crippen MR) is 216 cm³/mol. The lowest BCUT2D eigenvalue weighted by Gasteiger charge is -2.50. The Balaban J connectivity index is 1.63. The van der Waals surface area contributed by atoms with Crippen LogP contribution in [0, 0.1) is 11.8 Å². The topological polar surface area (TPSA) is 178 Å². The average Bonchev–Trinajstić information content (AvgIpc) is 3.13. The Hall–Kier alpha value is -1.57. The van der Waals surface area contributed by atoms with Gasteiger partial charge >= 0.3 is 5.97 Å². The van der Waals surface area contributed by atoms with Crippen molar-refractivity contribution in [1.29, 1.82) is 0 Å². The van der Waals surface area contributed by atoms with Crippen LogP contribution in [0.3, 0.4) is 0 Å². The summed E-state index contributed by atoms with van der Waals surface area (Å²) in [5.74, 6) is -0.888. The van der Waals surface area contributed by atoms with Crippen LogP contribution < -0.4 is 0 Å². The van der Waals surface area contributed by atoms with Gasteiger partial charge in [0.05, 0.1) is 54.7 Å². The zero-order chi connectivity index (χ0) is 43.1. The van der Waals surface area contributed by atoms with Crippen LogP contribution in [-0.4, -0.2) is 175 Å².